The first-order valence-electron chi connectivity index (χ1n) is 13.5. The molecular weight excluding hydrogens is 523 g/mol. The van der Waals surface area contributed by atoms with E-state index in [2.05, 4.69) is 34.3 Å². The number of piperazine rings is 1. The second-order valence-electron chi connectivity index (χ2n) is 11.0. The highest BCUT2D eigenvalue weighted by atomic mass is 19.4. The molecule has 2 N–H and O–H groups in total. The van der Waals surface area contributed by atoms with Gasteiger partial charge in [-0.2, -0.15) is 13.2 Å². The Hall–Kier alpha value is -3.44. The summed E-state index contributed by atoms with van der Waals surface area (Å²) in [5.41, 5.74) is -0.487. The summed E-state index contributed by atoms with van der Waals surface area (Å²) in [7, 11) is 0. The van der Waals surface area contributed by atoms with Crippen molar-refractivity contribution >= 4 is 17.7 Å². The fraction of sp³-hybridized carbons (Fsp3) is 0.483. The van der Waals surface area contributed by atoms with E-state index in [1.165, 1.54) is 6.07 Å². The van der Waals surface area contributed by atoms with Crippen molar-refractivity contribution in [2.45, 2.75) is 38.0 Å². The monoisotopic (exact) mass is 559 g/mol. The number of hydrogen-bond acceptors (Lipinski definition) is 5. The molecule has 4 rings (SSSR count). The third-order valence-corrected chi connectivity index (χ3v) is 7.55. The van der Waals surface area contributed by atoms with Crippen LogP contribution in [0.15, 0.2) is 54.6 Å². The average molecular weight is 560 g/mol. The van der Waals surface area contributed by atoms with Crippen molar-refractivity contribution < 1.29 is 27.6 Å². The highest BCUT2D eigenvalue weighted by Gasteiger charge is 2.35. The molecule has 0 unspecified atom stereocenters. The zero-order valence-electron chi connectivity index (χ0n) is 22.8. The lowest BCUT2D eigenvalue weighted by Crippen LogP contribution is -2.59. The molecule has 11 heteroatoms. The second kappa shape index (κ2) is 12.4. The van der Waals surface area contributed by atoms with Crippen molar-refractivity contribution in [1.82, 2.24) is 25.3 Å². The van der Waals surface area contributed by atoms with Crippen LogP contribution in [0.25, 0.3) is 0 Å². The molecule has 2 heterocycles. The van der Waals surface area contributed by atoms with E-state index in [0.717, 1.165) is 50.8 Å². The maximum absolute atomic E-state index is 12.9. The SMILES string of the molecule is CC(C)(CN1CC[C@@H](NC(=O)CNC(=O)c2cccc(C(F)(F)F)c2)C1)N1CCN(C(=O)c2ccccc2)CC1. The third-order valence-electron chi connectivity index (χ3n) is 7.55. The Kier molecular flexibility index (Phi) is 9.15. The molecule has 0 spiro atoms. The normalized spacial score (nSPS) is 18.9. The van der Waals surface area contributed by atoms with E-state index in [4.69, 9.17) is 0 Å². The molecule has 0 aromatic heterocycles. The Balaban J connectivity index is 1.19. The first kappa shape index (κ1) is 29.5. The highest BCUT2D eigenvalue weighted by molar-refractivity contribution is 5.96. The summed E-state index contributed by atoms with van der Waals surface area (Å²) < 4.78 is 38.7. The van der Waals surface area contributed by atoms with Gasteiger partial charge in [-0.15, -0.1) is 0 Å². The van der Waals surface area contributed by atoms with Gasteiger partial charge in [-0.25, -0.2) is 0 Å². The van der Waals surface area contributed by atoms with Crippen LogP contribution in [0.1, 0.15) is 46.5 Å². The predicted octanol–water partition coefficient (Wildman–Crippen LogP) is 2.86. The number of carbonyl (C=O) groups excluding carboxylic acids is 3. The van der Waals surface area contributed by atoms with Crippen molar-refractivity contribution in [3.05, 3.63) is 71.3 Å². The second-order valence-corrected chi connectivity index (χ2v) is 11.0. The molecule has 2 aromatic carbocycles. The molecule has 0 bridgehead atoms. The third kappa shape index (κ3) is 7.60. The number of rotatable bonds is 8. The first-order chi connectivity index (χ1) is 18.9. The molecule has 0 saturated carbocycles. The van der Waals surface area contributed by atoms with Gasteiger partial charge in [0.05, 0.1) is 12.1 Å². The zero-order chi connectivity index (χ0) is 28.9. The minimum absolute atomic E-state index is 0.0576. The molecular formula is C29H36F3N5O3. The molecule has 2 aliphatic heterocycles. The summed E-state index contributed by atoms with van der Waals surface area (Å²) in [6.45, 7) is 9.26. The van der Waals surface area contributed by atoms with E-state index in [9.17, 15) is 27.6 Å². The molecule has 0 radical (unpaired) electrons. The van der Waals surface area contributed by atoms with Gasteiger partial charge in [0.25, 0.3) is 11.8 Å². The summed E-state index contributed by atoms with van der Waals surface area (Å²) in [5, 5.41) is 5.32. The number of nitrogens with one attached hydrogen (secondary N) is 2. The number of hydrogen-bond donors (Lipinski definition) is 2. The Labute approximate surface area is 232 Å². The molecule has 2 fully saturated rings. The Morgan fingerprint density at radius 3 is 2.25 bits per heavy atom. The molecule has 2 aliphatic rings. The van der Waals surface area contributed by atoms with Gasteiger partial charge in [0.15, 0.2) is 0 Å². The Morgan fingerprint density at radius 1 is 0.900 bits per heavy atom. The first-order valence-corrected chi connectivity index (χ1v) is 13.5. The van der Waals surface area contributed by atoms with Gasteiger partial charge in [-0.1, -0.05) is 24.3 Å². The van der Waals surface area contributed by atoms with Crippen LogP contribution < -0.4 is 10.6 Å². The topological polar surface area (TPSA) is 85.0 Å². The molecule has 216 valence electrons. The number of amides is 3. The Bertz CT molecular complexity index is 1200. The standard InChI is InChI=1S/C29H36F3N5O3/c1-28(2,37-15-13-36(14-16-37)27(40)21-7-4-3-5-8-21)20-35-12-11-24(19-35)34-25(38)18-33-26(39)22-9-6-10-23(17-22)29(30,31)32/h3-10,17,24H,11-16,18-20H2,1-2H3,(H,33,39)(H,34,38)/t24-/m1/s1. The van der Waals surface area contributed by atoms with E-state index in [0.29, 0.717) is 25.2 Å². The minimum Gasteiger partial charge on any atom is -0.350 e. The summed E-state index contributed by atoms with van der Waals surface area (Å²) in [5.74, 6) is -1.06. The van der Waals surface area contributed by atoms with Crippen molar-refractivity contribution in [2.75, 3.05) is 52.4 Å². The van der Waals surface area contributed by atoms with Crippen LogP contribution >= 0.6 is 0 Å². The lowest BCUT2D eigenvalue weighted by atomic mass is 10.0. The van der Waals surface area contributed by atoms with Gasteiger partial charge in [-0.05, 0) is 50.6 Å². The van der Waals surface area contributed by atoms with E-state index < -0.39 is 17.6 Å². The van der Waals surface area contributed by atoms with Crippen molar-refractivity contribution in [3.63, 3.8) is 0 Å². The highest BCUT2D eigenvalue weighted by Crippen LogP contribution is 2.29. The van der Waals surface area contributed by atoms with E-state index in [1.807, 2.05) is 35.2 Å². The fourth-order valence-electron chi connectivity index (χ4n) is 5.40. The van der Waals surface area contributed by atoms with Crippen molar-refractivity contribution in [3.8, 4) is 0 Å². The molecule has 2 aromatic rings. The van der Waals surface area contributed by atoms with Gasteiger partial charge in [0.1, 0.15) is 0 Å². The Morgan fingerprint density at radius 2 is 1.57 bits per heavy atom. The van der Waals surface area contributed by atoms with Crippen LogP contribution in [0, 0.1) is 0 Å². The van der Waals surface area contributed by atoms with Gasteiger partial charge in [0, 0.05) is 68.5 Å². The number of likely N-dealkylation sites (tertiary alicyclic amines) is 1. The smallest absolute Gasteiger partial charge is 0.350 e. The summed E-state index contributed by atoms with van der Waals surface area (Å²) in [6, 6.07) is 13.3. The molecule has 0 aliphatic carbocycles. The fourth-order valence-corrected chi connectivity index (χ4v) is 5.40. The number of halogens is 3. The van der Waals surface area contributed by atoms with Crippen LogP contribution in [-0.2, 0) is 11.0 Å². The van der Waals surface area contributed by atoms with Gasteiger partial charge < -0.3 is 15.5 Å². The predicted molar refractivity (Wildman–Crippen MR) is 145 cm³/mol. The number of carbonyl (C=O) groups is 3. The zero-order valence-corrected chi connectivity index (χ0v) is 22.8. The van der Waals surface area contributed by atoms with Crippen molar-refractivity contribution in [2.24, 2.45) is 0 Å². The van der Waals surface area contributed by atoms with Crippen LogP contribution in [0.4, 0.5) is 13.2 Å². The quantitative estimate of drug-likeness (QED) is 0.520. The van der Waals surface area contributed by atoms with Crippen LogP contribution in [0.2, 0.25) is 0 Å². The van der Waals surface area contributed by atoms with E-state index in [-0.39, 0.29) is 35.5 Å². The van der Waals surface area contributed by atoms with Crippen LogP contribution in [0.5, 0.6) is 0 Å². The van der Waals surface area contributed by atoms with E-state index in [1.54, 1.807) is 0 Å². The lowest BCUT2D eigenvalue weighted by molar-refractivity contribution is -0.137. The minimum atomic E-state index is -4.55. The molecule has 2 saturated heterocycles. The lowest BCUT2D eigenvalue weighted by Gasteiger charge is -2.45. The van der Waals surface area contributed by atoms with E-state index >= 15 is 0 Å². The summed E-state index contributed by atoms with van der Waals surface area (Å²) in [6.07, 6.45) is -3.78. The maximum Gasteiger partial charge on any atom is 0.416 e. The molecule has 3 amide bonds. The number of nitrogens with zero attached hydrogens (tertiary/aromatic N) is 3. The molecule has 8 nitrogen and oxygen atoms in total. The number of alkyl halides is 3. The summed E-state index contributed by atoms with van der Waals surface area (Å²) >= 11 is 0. The van der Waals surface area contributed by atoms with Gasteiger partial charge in [0.2, 0.25) is 5.91 Å². The van der Waals surface area contributed by atoms with Crippen molar-refractivity contribution in [1.29, 1.82) is 0 Å². The largest absolute Gasteiger partial charge is 0.416 e. The summed E-state index contributed by atoms with van der Waals surface area (Å²) in [4.78, 5) is 44.0. The van der Waals surface area contributed by atoms with Crippen LogP contribution in [0.3, 0.4) is 0 Å². The molecule has 40 heavy (non-hydrogen) atoms. The maximum atomic E-state index is 12.9. The van der Waals surface area contributed by atoms with Gasteiger partial charge in [-0.3, -0.25) is 24.2 Å². The molecule has 1 atom stereocenters. The number of benzene rings is 2. The average Bonchev–Trinajstić information content (AvgIpc) is 3.37. The van der Waals surface area contributed by atoms with Crippen LogP contribution in [-0.4, -0.2) is 96.4 Å². The van der Waals surface area contributed by atoms with Gasteiger partial charge >= 0.3 is 6.18 Å².